The molecule has 0 radical (unpaired) electrons. The van der Waals surface area contributed by atoms with Gasteiger partial charge < -0.3 is 5.11 Å². The molecule has 0 aliphatic carbocycles. The molecule has 0 aromatic carbocycles. The molecule has 1 atom stereocenters. The van der Waals surface area contributed by atoms with Crippen molar-refractivity contribution in [1.29, 1.82) is 0 Å². The molecule has 0 aromatic heterocycles. The number of rotatable bonds is 5. The molecular formula is C15H29NO. The molecule has 1 N–H and O–H groups in total. The fraction of sp³-hybridized carbons (Fsp3) is 0.667. The van der Waals surface area contributed by atoms with Gasteiger partial charge >= 0.3 is 0 Å². The van der Waals surface area contributed by atoms with Gasteiger partial charge in [-0.15, -0.1) is 0 Å². The lowest BCUT2D eigenvalue weighted by Gasteiger charge is -2.06. The molecule has 17 heavy (non-hydrogen) atoms. The molecule has 2 nitrogen and oxygen atoms in total. The van der Waals surface area contributed by atoms with Gasteiger partial charge in [0.15, 0.2) is 0 Å². The van der Waals surface area contributed by atoms with Gasteiger partial charge in [0.2, 0.25) is 0 Å². The van der Waals surface area contributed by atoms with Crippen molar-refractivity contribution in [2.45, 2.75) is 48.0 Å². The van der Waals surface area contributed by atoms with Crippen molar-refractivity contribution in [1.82, 2.24) is 0 Å². The van der Waals surface area contributed by atoms with Crippen LogP contribution in [0.15, 0.2) is 28.9 Å². The average molecular weight is 239 g/mol. The van der Waals surface area contributed by atoms with E-state index in [0.29, 0.717) is 11.8 Å². The minimum atomic E-state index is 0.541. The topological polar surface area (TPSA) is 32.6 Å². The minimum absolute atomic E-state index is 0.541. The Morgan fingerprint density at radius 1 is 1.18 bits per heavy atom. The molecule has 0 unspecified atom stereocenters. The fourth-order valence-corrected chi connectivity index (χ4v) is 1.28. The number of hydrogen-bond acceptors (Lipinski definition) is 2. The molecule has 0 saturated carbocycles. The third kappa shape index (κ3) is 11.4. The van der Waals surface area contributed by atoms with Crippen LogP contribution in [-0.4, -0.2) is 17.9 Å². The van der Waals surface area contributed by atoms with Gasteiger partial charge in [0, 0.05) is 18.5 Å². The maximum Gasteiger partial charge on any atom is 0.0335 e. The van der Waals surface area contributed by atoms with Crippen LogP contribution in [-0.2, 0) is 0 Å². The van der Waals surface area contributed by atoms with Gasteiger partial charge in [0.05, 0.1) is 0 Å². The highest BCUT2D eigenvalue weighted by molar-refractivity contribution is 5.84. The highest BCUT2D eigenvalue weighted by Gasteiger charge is 1.99. The van der Waals surface area contributed by atoms with Gasteiger partial charge in [-0.05, 0) is 39.0 Å². The summed E-state index contributed by atoms with van der Waals surface area (Å²) in [6.45, 7) is 12.8. The molecule has 2 heteroatoms. The molecule has 0 bridgehead atoms. The predicted molar refractivity (Wildman–Crippen MR) is 78.4 cm³/mol. The van der Waals surface area contributed by atoms with Crippen LogP contribution in [0.25, 0.3) is 0 Å². The molecule has 0 heterocycles. The number of allylic oxidation sites excluding steroid dienone is 4. The Morgan fingerprint density at radius 2 is 1.71 bits per heavy atom. The molecule has 0 spiro atoms. The summed E-state index contributed by atoms with van der Waals surface area (Å²) in [6.07, 6.45) is 7.64. The summed E-state index contributed by atoms with van der Waals surface area (Å²) in [7, 11) is 1.00. The Balaban J connectivity index is 0. The molecule has 0 rings (SSSR count). The van der Waals surface area contributed by atoms with Gasteiger partial charge in [-0.3, -0.25) is 4.99 Å². The van der Waals surface area contributed by atoms with Gasteiger partial charge in [-0.25, -0.2) is 0 Å². The van der Waals surface area contributed by atoms with Crippen LogP contribution in [0.3, 0.4) is 0 Å². The summed E-state index contributed by atoms with van der Waals surface area (Å²) < 4.78 is 0. The lowest BCUT2D eigenvalue weighted by atomic mass is 10.1. The van der Waals surface area contributed by atoms with E-state index >= 15 is 0 Å². The zero-order valence-corrected chi connectivity index (χ0v) is 12.5. The summed E-state index contributed by atoms with van der Waals surface area (Å²) in [6, 6.07) is 0. The molecule has 0 amide bonds. The second-order valence-corrected chi connectivity index (χ2v) is 4.50. The maximum atomic E-state index is 7.00. The minimum Gasteiger partial charge on any atom is -0.400 e. The van der Waals surface area contributed by atoms with Crippen LogP contribution in [0.1, 0.15) is 48.0 Å². The molecule has 0 aromatic rings. The quantitative estimate of drug-likeness (QED) is 0.565. The monoisotopic (exact) mass is 239 g/mol. The molecule has 0 aliphatic rings. The lowest BCUT2D eigenvalue weighted by molar-refractivity contribution is 0.399. The molecule has 0 saturated heterocycles. The summed E-state index contributed by atoms with van der Waals surface area (Å²) in [5, 5.41) is 7.00. The predicted octanol–water partition coefficient (Wildman–Crippen LogP) is 4.22. The first-order chi connectivity index (χ1) is 7.97. The van der Waals surface area contributed by atoms with Crippen LogP contribution >= 0.6 is 0 Å². The second-order valence-electron chi connectivity index (χ2n) is 4.50. The largest absolute Gasteiger partial charge is 0.400 e. The smallest absolute Gasteiger partial charge is 0.0335 e. The van der Waals surface area contributed by atoms with Crippen LogP contribution in [0.2, 0.25) is 0 Å². The van der Waals surface area contributed by atoms with Crippen molar-refractivity contribution in [3.63, 3.8) is 0 Å². The lowest BCUT2D eigenvalue weighted by Crippen LogP contribution is -2.01. The van der Waals surface area contributed by atoms with Crippen molar-refractivity contribution in [2.24, 2.45) is 16.8 Å². The van der Waals surface area contributed by atoms with E-state index < -0.39 is 0 Å². The van der Waals surface area contributed by atoms with E-state index in [1.807, 2.05) is 0 Å². The van der Waals surface area contributed by atoms with E-state index in [1.165, 1.54) is 5.71 Å². The molecule has 0 fully saturated rings. The average Bonchev–Trinajstić information content (AvgIpc) is 2.28. The number of aliphatic imine (C=N–C) groups is 1. The highest BCUT2D eigenvalue weighted by atomic mass is 16.2. The Kier molecular flexibility index (Phi) is 12.6. The van der Waals surface area contributed by atoms with Crippen molar-refractivity contribution in [2.75, 3.05) is 7.11 Å². The Hall–Kier alpha value is -0.890. The first-order valence-electron chi connectivity index (χ1n) is 6.26. The summed E-state index contributed by atoms with van der Waals surface area (Å²) in [4.78, 5) is 4.58. The van der Waals surface area contributed by atoms with Crippen LogP contribution < -0.4 is 0 Å². The van der Waals surface area contributed by atoms with Crippen LogP contribution in [0.4, 0.5) is 0 Å². The van der Waals surface area contributed by atoms with E-state index in [1.54, 1.807) is 0 Å². The molecule has 100 valence electrons. The normalized spacial score (nSPS) is 14.9. The third-order valence-corrected chi connectivity index (χ3v) is 2.46. The van der Waals surface area contributed by atoms with E-state index in [0.717, 1.165) is 19.2 Å². The third-order valence-electron chi connectivity index (χ3n) is 2.46. The van der Waals surface area contributed by atoms with E-state index in [2.05, 4.69) is 64.8 Å². The van der Waals surface area contributed by atoms with Crippen molar-refractivity contribution < 1.29 is 5.11 Å². The summed E-state index contributed by atoms with van der Waals surface area (Å²) in [5.41, 5.74) is 2.35. The van der Waals surface area contributed by atoms with Crippen LogP contribution in [0.5, 0.6) is 0 Å². The number of aliphatic hydroxyl groups excluding tert-OH is 1. The van der Waals surface area contributed by atoms with Gasteiger partial charge in [-0.2, -0.15) is 0 Å². The number of hydrogen-bond donors (Lipinski definition) is 1. The SMILES string of the molecule is C/C=C/C[C@H](C)/C=C(\C)N=C(C)C(C)C.CO. The van der Waals surface area contributed by atoms with Crippen molar-refractivity contribution in [3.05, 3.63) is 23.9 Å². The van der Waals surface area contributed by atoms with Crippen molar-refractivity contribution >= 4 is 5.71 Å². The van der Waals surface area contributed by atoms with Crippen LogP contribution in [0, 0.1) is 11.8 Å². The van der Waals surface area contributed by atoms with Crippen molar-refractivity contribution in [3.8, 4) is 0 Å². The maximum absolute atomic E-state index is 7.00. The van der Waals surface area contributed by atoms with Gasteiger partial charge in [0.1, 0.15) is 0 Å². The number of nitrogens with zero attached hydrogens (tertiary/aromatic N) is 1. The summed E-state index contributed by atoms with van der Waals surface area (Å²) >= 11 is 0. The fourth-order valence-electron chi connectivity index (χ4n) is 1.28. The van der Waals surface area contributed by atoms with Gasteiger partial charge in [0.25, 0.3) is 0 Å². The standard InChI is InChI=1S/C14H25N.CH4O/c1-7-8-9-12(4)10-13(5)15-14(6)11(2)3;1-2/h7-8,10-12H,9H2,1-6H3;2H,1H3/b8-7+,13-10+,15-14?;/t12-;/m0./s1. The zero-order chi connectivity index (χ0) is 13.8. The van der Waals surface area contributed by atoms with E-state index in [9.17, 15) is 0 Å². The first kappa shape index (κ1) is 18.5. The summed E-state index contributed by atoms with van der Waals surface area (Å²) in [5.74, 6) is 1.11. The van der Waals surface area contributed by atoms with E-state index in [-0.39, 0.29) is 0 Å². The zero-order valence-electron chi connectivity index (χ0n) is 12.5. The number of aliphatic hydroxyl groups is 1. The van der Waals surface area contributed by atoms with E-state index in [4.69, 9.17) is 5.11 Å². The highest BCUT2D eigenvalue weighted by Crippen LogP contribution is 2.10. The Bertz CT molecular complexity index is 262. The molecular weight excluding hydrogens is 210 g/mol. The second kappa shape index (κ2) is 11.6. The first-order valence-corrected chi connectivity index (χ1v) is 6.26. The molecule has 0 aliphatic heterocycles. The Labute approximate surface area is 107 Å². The Morgan fingerprint density at radius 3 is 2.12 bits per heavy atom. The van der Waals surface area contributed by atoms with Gasteiger partial charge in [-0.1, -0.05) is 39.0 Å².